The van der Waals surface area contributed by atoms with E-state index in [4.69, 9.17) is 9.47 Å². The van der Waals surface area contributed by atoms with Gasteiger partial charge in [0.2, 0.25) is 0 Å². The van der Waals surface area contributed by atoms with E-state index < -0.39 is 6.16 Å². The second-order valence-corrected chi connectivity index (χ2v) is 4.65. The summed E-state index contributed by atoms with van der Waals surface area (Å²) in [6.45, 7) is 0. The van der Waals surface area contributed by atoms with Crippen molar-refractivity contribution in [1.82, 2.24) is 0 Å². The smallest absolute Gasteiger partial charge is 0.394 e. The molecule has 0 atom stereocenters. The van der Waals surface area contributed by atoms with Gasteiger partial charge < -0.3 is 9.47 Å². The van der Waals surface area contributed by atoms with E-state index in [0.29, 0.717) is 11.5 Å². The lowest BCUT2D eigenvalue weighted by Gasteiger charge is -2.21. The average molecular weight is 262 g/mol. The SMILES string of the molecule is O=C(OC1=Cc2ccccc21)OC1=Cc2ccccc21. The first kappa shape index (κ1) is 11.1. The maximum Gasteiger partial charge on any atom is 0.519 e. The third kappa shape index (κ3) is 1.64. The highest BCUT2D eigenvalue weighted by atomic mass is 16.7. The molecule has 0 heterocycles. The molecule has 0 amide bonds. The fourth-order valence-electron chi connectivity index (χ4n) is 2.35. The van der Waals surface area contributed by atoms with E-state index in [1.165, 1.54) is 0 Å². The molecule has 2 aliphatic carbocycles. The van der Waals surface area contributed by atoms with Gasteiger partial charge in [0.25, 0.3) is 0 Å². The van der Waals surface area contributed by atoms with Crippen LogP contribution in [0.4, 0.5) is 4.79 Å². The number of benzene rings is 2. The third-order valence-electron chi connectivity index (χ3n) is 3.41. The van der Waals surface area contributed by atoms with E-state index in [1.54, 1.807) is 0 Å². The Bertz CT molecular complexity index is 719. The number of rotatable bonds is 2. The maximum atomic E-state index is 11.7. The van der Waals surface area contributed by atoms with Gasteiger partial charge >= 0.3 is 6.16 Å². The zero-order valence-electron chi connectivity index (χ0n) is 10.5. The van der Waals surface area contributed by atoms with E-state index in [1.807, 2.05) is 60.7 Å². The van der Waals surface area contributed by atoms with Gasteiger partial charge in [-0.15, -0.1) is 0 Å². The Morgan fingerprint density at radius 3 is 1.60 bits per heavy atom. The van der Waals surface area contributed by atoms with Crippen LogP contribution in [0.5, 0.6) is 0 Å². The molecule has 96 valence electrons. The maximum absolute atomic E-state index is 11.7. The summed E-state index contributed by atoms with van der Waals surface area (Å²) in [5.74, 6) is 1.11. The normalized spacial score (nSPS) is 13.8. The van der Waals surface area contributed by atoms with E-state index in [0.717, 1.165) is 22.3 Å². The predicted octanol–water partition coefficient (Wildman–Crippen LogP) is 4.16. The molecule has 0 aliphatic heterocycles. The first-order valence-electron chi connectivity index (χ1n) is 6.33. The monoisotopic (exact) mass is 262 g/mol. The molecule has 0 N–H and O–H groups in total. The molecule has 2 aliphatic rings. The topological polar surface area (TPSA) is 35.5 Å². The Labute approximate surface area is 115 Å². The summed E-state index contributed by atoms with van der Waals surface area (Å²) < 4.78 is 10.4. The Kier molecular flexibility index (Phi) is 2.27. The number of hydrogen-bond acceptors (Lipinski definition) is 3. The summed E-state index contributed by atoms with van der Waals surface area (Å²) in [5, 5.41) is 0. The Balaban J connectivity index is 1.42. The Morgan fingerprint density at radius 1 is 0.700 bits per heavy atom. The molecular formula is C17H10O3. The van der Waals surface area contributed by atoms with Gasteiger partial charge in [-0.1, -0.05) is 48.5 Å². The largest absolute Gasteiger partial charge is 0.519 e. The summed E-state index contributed by atoms with van der Waals surface area (Å²) in [7, 11) is 0. The number of carbonyl (C=O) groups excluding carboxylic acids is 1. The lowest BCUT2D eigenvalue weighted by Crippen LogP contribution is -2.12. The van der Waals surface area contributed by atoms with Gasteiger partial charge in [0.1, 0.15) is 11.5 Å². The summed E-state index contributed by atoms with van der Waals surface area (Å²) in [6.07, 6.45) is 2.94. The minimum Gasteiger partial charge on any atom is -0.394 e. The highest BCUT2D eigenvalue weighted by molar-refractivity contribution is 5.98. The quantitative estimate of drug-likeness (QED) is 0.762. The van der Waals surface area contributed by atoms with Crippen LogP contribution in [0.25, 0.3) is 23.7 Å². The highest BCUT2D eigenvalue weighted by Gasteiger charge is 2.24. The van der Waals surface area contributed by atoms with Crippen molar-refractivity contribution < 1.29 is 14.3 Å². The number of ether oxygens (including phenoxy) is 2. The van der Waals surface area contributed by atoms with Crippen LogP contribution in [0.2, 0.25) is 0 Å². The van der Waals surface area contributed by atoms with Crippen LogP contribution in [0.3, 0.4) is 0 Å². The van der Waals surface area contributed by atoms with E-state index >= 15 is 0 Å². The number of fused-ring (bicyclic) bond motifs is 2. The number of carbonyl (C=O) groups is 1. The molecule has 2 aromatic carbocycles. The van der Waals surface area contributed by atoms with Gasteiger partial charge in [0.15, 0.2) is 0 Å². The molecule has 0 unspecified atom stereocenters. The van der Waals surface area contributed by atoms with Gasteiger partial charge in [0, 0.05) is 11.1 Å². The van der Waals surface area contributed by atoms with E-state index in [9.17, 15) is 4.79 Å². The van der Waals surface area contributed by atoms with Crippen molar-refractivity contribution >= 4 is 29.8 Å². The van der Waals surface area contributed by atoms with Crippen LogP contribution in [0.1, 0.15) is 22.3 Å². The summed E-state index contributed by atoms with van der Waals surface area (Å²) in [4.78, 5) is 11.7. The van der Waals surface area contributed by atoms with Crippen molar-refractivity contribution in [2.45, 2.75) is 0 Å². The average Bonchev–Trinajstić information content (AvgIpc) is 2.42. The molecule has 20 heavy (non-hydrogen) atoms. The molecule has 4 rings (SSSR count). The molecular weight excluding hydrogens is 252 g/mol. The molecule has 3 heteroatoms. The molecule has 0 bridgehead atoms. The van der Waals surface area contributed by atoms with Crippen molar-refractivity contribution in [1.29, 1.82) is 0 Å². The van der Waals surface area contributed by atoms with Crippen LogP contribution in [-0.2, 0) is 9.47 Å². The van der Waals surface area contributed by atoms with Crippen molar-refractivity contribution in [3.63, 3.8) is 0 Å². The first-order chi connectivity index (χ1) is 9.81. The second kappa shape index (κ2) is 4.10. The standard InChI is InChI=1S/C17H10O3/c18-17(19-15-9-11-5-1-3-7-13(11)15)20-16-10-12-6-2-4-8-14(12)16/h1-10H. The predicted molar refractivity (Wildman–Crippen MR) is 76.2 cm³/mol. The molecule has 0 fully saturated rings. The van der Waals surface area contributed by atoms with Crippen LogP contribution in [0, 0.1) is 0 Å². The fraction of sp³-hybridized carbons (Fsp3) is 0. The van der Waals surface area contributed by atoms with Crippen molar-refractivity contribution in [3.05, 3.63) is 70.8 Å². The number of hydrogen-bond donors (Lipinski definition) is 0. The zero-order valence-corrected chi connectivity index (χ0v) is 10.5. The minimum absolute atomic E-state index is 0.554. The van der Waals surface area contributed by atoms with Gasteiger partial charge in [-0.05, 0) is 23.3 Å². The Morgan fingerprint density at radius 2 is 1.15 bits per heavy atom. The van der Waals surface area contributed by atoms with Gasteiger partial charge in [-0.2, -0.15) is 0 Å². The first-order valence-corrected chi connectivity index (χ1v) is 6.33. The van der Waals surface area contributed by atoms with E-state index in [-0.39, 0.29) is 0 Å². The van der Waals surface area contributed by atoms with Crippen LogP contribution in [0.15, 0.2) is 48.5 Å². The molecule has 0 saturated heterocycles. The molecule has 2 aromatic rings. The Hall–Kier alpha value is -2.81. The molecule has 3 nitrogen and oxygen atoms in total. The van der Waals surface area contributed by atoms with Gasteiger partial charge in [-0.25, -0.2) is 4.79 Å². The summed E-state index contributed by atoms with van der Waals surface area (Å²) in [6, 6.07) is 15.5. The summed E-state index contributed by atoms with van der Waals surface area (Å²) in [5.41, 5.74) is 4.02. The lowest BCUT2D eigenvalue weighted by molar-refractivity contribution is 0.133. The van der Waals surface area contributed by atoms with Crippen LogP contribution >= 0.6 is 0 Å². The lowest BCUT2D eigenvalue weighted by atomic mass is 9.96. The second-order valence-electron chi connectivity index (χ2n) is 4.65. The van der Waals surface area contributed by atoms with Crippen molar-refractivity contribution in [2.75, 3.05) is 0 Å². The molecule has 0 spiro atoms. The zero-order chi connectivity index (χ0) is 13.5. The molecule has 0 radical (unpaired) electrons. The van der Waals surface area contributed by atoms with Crippen LogP contribution in [-0.4, -0.2) is 6.16 Å². The van der Waals surface area contributed by atoms with Crippen molar-refractivity contribution in [3.8, 4) is 0 Å². The van der Waals surface area contributed by atoms with Crippen LogP contribution < -0.4 is 0 Å². The fourth-order valence-corrected chi connectivity index (χ4v) is 2.35. The highest BCUT2D eigenvalue weighted by Crippen LogP contribution is 2.36. The van der Waals surface area contributed by atoms with E-state index in [2.05, 4.69) is 0 Å². The summed E-state index contributed by atoms with van der Waals surface area (Å²) >= 11 is 0. The molecule has 0 aromatic heterocycles. The molecule has 0 saturated carbocycles. The van der Waals surface area contributed by atoms with Gasteiger partial charge in [0.05, 0.1) is 0 Å². The third-order valence-corrected chi connectivity index (χ3v) is 3.41. The minimum atomic E-state index is -0.702. The van der Waals surface area contributed by atoms with Crippen molar-refractivity contribution in [2.24, 2.45) is 0 Å². The van der Waals surface area contributed by atoms with Gasteiger partial charge in [-0.3, -0.25) is 0 Å².